The summed E-state index contributed by atoms with van der Waals surface area (Å²) >= 11 is 0. The summed E-state index contributed by atoms with van der Waals surface area (Å²) in [7, 11) is 0. The number of benzene rings is 1. The van der Waals surface area contributed by atoms with Gasteiger partial charge in [-0.15, -0.1) is 0 Å². The SMILES string of the molecule is C[C@H]1Cc2ccccc2N1C(=O)c1ccc(-c2ccncc2)[nH]c1=O. The van der Waals surface area contributed by atoms with Gasteiger partial charge in [-0.1, -0.05) is 18.2 Å². The Labute approximate surface area is 145 Å². The lowest BCUT2D eigenvalue weighted by molar-refractivity contribution is 0.0980. The number of aromatic nitrogens is 2. The van der Waals surface area contributed by atoms with Crippen molar-refractivity contribution in [2.75, 3.05) is 4.90 Å². The molecule has 1 aromatic carbocycles. The van der Waals surface area contributed by atoms with E-state index in [0.717, 1.165) is 23.2 Å². The highest BCUT2D eigenvalue weighted by Gasteiger charge is 2.32. The number of rotatable bonds is 2. The average molecular weight is 331 g/mol. The fourth-order valence-corrected chi connectivity index (χ4v) is 3.35. The molecule has 1 atom stereocenters. The largest absolute Gasteiger partial charge is 0.321 e. The molecular formula is C20H17N3O2. The zero-order valence-corrected chi connectivity index (χ0v) is 13.8. The van der Waals surface area contributed by atoms with Crippen molar-refractivity contribution in [3.8, 4) is 11.3 Å². The lowest BCUT2D eigenvalue weighted by atomic mass is 10.1. The minimum atomic E-state index is -0.379. The van der Waals surface area contributed by atoms with E-state index in [2.05, 4.69) is 9.97 Å². The van der Waals surface area contributed by atoms with E-state index in [4.69, 9.17) is 0 Å². The van der Waals surface area contributed by atoms with Gasteiger partial charge in [0.25, 0.3) is 11.5 Å². The van der Waals surface area contributed by atoms with Gasteiger partial charge in [0, 0.05) is 35.4 Å². The van der Waals surface area contributed by atoms with E-state index in [1.807, 2.05) is 43.3 Å². The summed E-state index contributed by atoms with van der Waals surface area (Å²) in [6.45, 7) is 2.00. The van der Waals surface area contributed by atoms with Crippen molar-refractivity contribution < 1.29 is 4.79 Å². The Hall–Kier alpha value is -3.21. The number of anilines is 1. The second-order valence-electron chi connectivity index (χ2n) is 6.21. The molecule has 0 spiro atoms. The van der Waals surface area contributed by atoms with Crippen LogP contribution in [0.4, 0.5) is 5.69 Å². The summed E-state index contributed by atoms with van der Waals surface area (Å²) in [4.78, 5) is 34.0. The number of pyridine rings is 2. The Morgan fingerprint density at radius 2 is 1.88 bits per heavy atom. The monoisotopic (exact) mass is 331 g/mol. The first-order valence-electron chi connectivity index (χ1n) is 8.20. The summed E-state index contributed by atoms with van der Waals surface area (Å²) in [5, 5.41) is 0. The van der Waals surface area contributed by atoms with Crippen LogP contribution in [0.25, 0.3) is 11.3 Å². The number of para-hydroxylation sites is 1. The molecule has 124 valence electrons. The van der Waals surface area contributed by atoms with Gasteiger partial charge in [0.1, 0.15) is 5.56 Å². The highest BCUT2D eigenvalue weighted by molar-refractivity contribution is 6.07. The third kappa shape index (κ3) is 2.63. The molecule has 1 aliphatic heterocycles. The van der Waals surface area contributed by atoms with Crippen molar-refractivity contribution in [3.63, 3.8) is 0 Å². The molecule has 0 bridgehead atoms. The van der Waals surface area contributed by atoms with E-state index in [0.29, 0.717) is 5.69 Å². The van der Waals surface area contributed by atoms with Gasteiger partial charge in [-0.05, 0) is 49.2 Å². The molecule has 3 heterocycles. The van der Waals surface area contributed by atoms with Crippen LogP contribution in [0.15, 0.2) is 65.7 Å². The molecule has 1 amide bonds. The molecular weight excluding hydrogens is 314 g/mol. The van der Waals surface area contributed by atoms with Crippen LogP contribution in [-0.2, 0) is 6.42 Å². The number of carbonyl (C=O) groups is 1. The summed E-state index contributed by atoms with van der Waals surface area (Å²) in [5.74, 6) is -0.264. The van der Waals surface area contributed by atoms with Gasteiger partial charge in [0.05, 0.1) is 0 Å². The minimum absolute atomic E-state index is 0.0316. The van der Waals surface area contributed by atoms with E-state index in [9.17, 15) is 9.59 Å². The zero-order chi connectivity index (χ0) is 17.4. The number of aromatic amines is 1. The molecule has 0 saturated heterocycles. The second kappa shape index (κ2) is 6.02. The number of nitrogens with one attached hydrogen (secondary N) is 1. The Kier molecular flexibility index (Phi) is 3.69. The lowest BCUT2D eigenvalue weighted by Crippen LogP contribution is -2.38. The normalized spacial score (nSPS) is 15.9. The van der Waals surface area contributed by atoms with Crippen LogP contribution < -0.4 is 10.5 Å². The Balaban J connectivity index is 1.71. The molecule has 25 heavy (non-hydrogen) atoms. The maximum Gasteiger partial charge on any atom is 0.264 e. The Morgan fingerprint density at radius 3 is 2.64 bits per heavy atom. The Morgan fingerprint density at radius 1 is 1.12 bits per heavy atom. The van der Waals surface area contributed by atoms with E-state index >= 15 is 0 Å². The van der Waals surface area contributed by atoms with Gasteiger partial charge in [0.15, 0.2) is 0 Å². The van der Waals surface area contributed by atoms with Gasteiger partial charge in [0.2, 0.25) is 0 Å². The maximum atomic E-state index is 13.0. The minimum Gasteiger partial charge on any atom is -0.321 e. The molecule has 5 heteroatoms. The molecule has 1 aliphatic rings. The third-order valence-corrected chi connectivity index (χ3v) is 4.56. The van der Waals surface area contributed by atoms with Crippen LogP contribution in [0.3, 0.4) is 0 Å². The Bertz CT molecular complexity index is 995. The first-order valence-corrected chi connectivity index (χ1v) is 8.20. The maximum absolute atomic E-state index is 13.0. The van der Waals surface area contributed by atoms with Gasteiger partial charge in [-0.25, -0.2) is 0 Å². The van der Waals surface area contributed by atoms with Crippen LogP contribution in [0.1, 0.15) is 22.8 Å². The first-order chi connectivity index (χ1) is 12.1. The fourth-order valence-electron chi connectivity index (χ4n) is 3.35. The standard InChI is InChI=1S/C20H17N3O2/c1-13-12-15-4-2-3-5-18(15)23(13)20(25)16-6-7-17(22-19(16)24)14-8-10-21-11-9-14/h2-11,13H,12H2,1H3,(H,22,24)/t13-/m0/s1. The van der Waals surface area contributed by atoms with Crippen molar-refractivity contribution in [2.45, 2.75) is 19.4 Å². The molecule has 0 saturated carbocycles. The molecule has 0 unspecified atom stereocenters. The van der Waals surface area contributed by atoms with Gasteiger partial charge < -0.3 is 9.88 Å². The molecule has 0 aliphatic carbocycles. The number of nitrogens with zero attached hydrogens (tertiary/aromatic N) is 2. The second-order valence-corrected chi connectivity index (χ2v) is 6.21. The van der Waals surface area contributed by atoms with E-state index in [1.165, 1.54) is 0 Å². The zero-order valence-electron chi connectivity index (χ0n) is 13.8. The van der Waals surface area contributed by atoms with Crippen LogP contribution >= 0.6 is 0 Å². The fraction of sp³-hybridized carbons (Fsp3) is 0.150. The number of H-pyrrole nitrogens is 1. The highest BCUT2D eigenvalue weighted by Crippen LogP contribution is 2.32. The quantitative estimate of drug-likeness (QED) is 0.785. The molecule has 0 radical (unpaired) electrons. The van der Waals surface area contributed by atoms with Crippen LogP contribution in [0.2, 0.25) is 0 Å². The van der Waals surface area contributed by atoms with Gasteiger partial charge in [-0.2, -0.15) is 0 Å². The van der Waals surface area contributed by atoms with E-state index in [-0.39, 0.29) is 23.1 Å². The number of fused-ring (bicyclic) bond motifs is 1. The predicted octanol–water partition coefficient (Wildman–Crippen LogP) is 3.03. The summed E-state index contributed by atoms with van der Waals surface area (Å²) in [5.41, 5.74) is 3.31. The number of amides is 1. The third-order valence-electron chi connectivity index (χ3n) is 4.56. The number of hydrogen-bond donors (Lipinski definition) is 1. The summed E-state index contributed by atoms with van der Waals surface area (Å²) in [6.07, 6.45) is 4.13. The molecule has 0 fully saturated rings. The lowest BCUT2D eigenvalue weighted by Gasteiger charge is -2.22. The smallest absolute Gasteiger partial charge is 0.264 e. The summed E-state index contributed by atoms with van der Waals surface area (Å²) < 4.78 is 0. The van der Waals surface area contributed by atoms with Gasteiger partial charge >= 0.3 is 0 Å². The first kappa shape index (κ1) is 15.3. The van der Waals surface area contributed by atoms with E-state index < -0.39 is 0 Å². The number of carbonyl (C=O) groups excluding carboxylic acids is 1. The molecule has 2 aromatic heterocycles. The van der Waals surface area contributed by atoms with Crippen LogP contribution in [0, 0.1) is 0 Å². The van der Waals surface area contributed by atoms with Crippen molar-refractivity contribution in [1.29, 1.82) is 0 Å². The van der Waals surface area contributed by atoms with E-state index in [1.54, 1.807) is 29.4 Å². The highest BCUT2D eigenvalue weighted by atomic mass is 16.2. The van der Waals surface area contributed by atoms with Crippen LogP contribution in [0.5, 0.6) is 0 Å². The van der Waals surface area contributed by atoms with Crippen LogP contribution in [-0.4, -0.2) is 21.9 Å². The molecule has 4 rings (SSSR count). The van der Waals surface area contributed by atoms with Crippen molar-refractivity contribution >= 4 is 11.6 Å². The van der Waals surface area contributed by atoms with Crippen molar-refractivity contribution in [2.24, 2.45) is 0 Å². The average Bonchev–Trinajstić information content (AvgIpc) is 2.97. The molecule has 3 aromatic rings. The predicted molar refractivity (Wildman–Crippen MR) is 96.7 cm³/mol. The van der Waals surface area contributed by atoms with Crippen molar-refractivity contribution in [1.82, 2.24) is 9.97 Å². The summed E-state index contributed by atoms with van der Waals surface area (Å²) in [6, 6.07) is 14.8. The molecule has 1 N–H and O–H groups in total. The molecule has 5 nitrogen and oxygen atoms in total. The topological polar surface area (TPSA) is 66.1 Å². The van der Waals surface area contributed by atoms with Crippen molar-refractivity contribution in [3.05, 3.63) is 82.4 Å². The number of hydrogen-bond acceptors (Lipinski definition) is 3. The van der Waals surface area contributed by atoms with Gasteiger partial charge in [-0.3, -0.25) is 14.6 Å².